The van der Waals surface area contributed by atoms with Crippen LogP contribution in [0.3, 0.4) is 0 Å². The molecule has 0 N–H and O–H groups in total. The monoisotopic (exact) mass is 368 g/mol. The van der Waals surface area contributed by atoms with Gasteiger partial charge in [-0.25, -0.2) is 0 Å². The molecule has 0 aliphatic carbocycles. The maximum atomic E-state index is 2.43. The Labute approximate surface area is 124 Å². The summed E-state index contributed by atoms with van der Waals surface area (Å²) in [6.45, 7) is 14.5. The molecule has 0 saturated carbocycles. The normalized spacial score (nSPS) is 12.7. The van der Waals surface area contributed by atoms with E-state index in [1.165, 1.54) is 13.3 Å². The second kappa shape index (κ2) is 7.71. The van der Waals surface area contributed by atoms with Crippen LogP contribution in [-0.2, 0) is 0 Å². The second-order valence-electron chi connectivity index (χ2n) is 7.44. The first kappa shape index (κ1) is 17.1. The molecule has 1 heteroatoms. The average Bonchev–Trinajstić information content (AvgIpc) is 2.27. The molecule has 0 nitrogen and oxygen atoms in total. The van der Waals surface area contributed by atoms with E-state index in [9.17, 15) is 0 Å². The summed E-state index contributed by atoms with van der Waals surface area (Å²) in [5.74, 6) is 2.52. The molecule has 108 valence electrons. The van der Waals surface area contributed by atoms with Gasteiger partial charge in [0.2, 0.25) is 0 Å². The molecular weight excluding hydrogens is 335 g/mol. The number of benzene rings is 1. The van der Waals surface area contributed by atoms with Gasteiger partial charge in [-0.15, -0.1) is 0 Å². The Balaban J connectivity index is 3.16. The van der Waals surface area contributed by atoms with Crippen LogP contribution >= 0.6 is 0 Å². The summed E-state index contributed by atoms with van der Waals surface area (Å²) in [7, 11) is 0. The summed E-state index contributed by atoms with van der Waals surface area (Å²) in [4.78, 5) is 0. The molecule has 19 heavy (non-hydrogen) atoms. The SMILES string of the molecule is CC(C)[CH2][Sn]([CH2]C(C)C)([CH2]C(C)C)[c]1ccccc1. The molecule has 0 spiro atoms. The number of hydrogen-bond donors (Lipinski definition) is 0. The molecule has 1 aromatic rings. The van der Waals surface area contributed by atoms with Crippen LogP contribution in [-0.4, -0.2) is 18.4 Å². The zero-order valence-electron chi connectivity index (χ0n) is 13.7. The van der Waals surface area contributed by atoms with Gasteiger partial charge in [0, 0.05) is 0 Å². The van der Waals surface area contributed by atoms with E-state index in [1.807, 2.05) is 0 Å². The molecule has 0 radical (unpaired) electrons. The molecule has 0 atom stereocenters. The Kier molecular flexibility index (Phi) is 6.93. The summed E-state index contributed by atoms with van der Waals surface area (Å²) < 4.78 is 6.28. The summed E-state index contributed by atoms with van der Waals surface area (Å²) in [6.07, 6.45) is 0. The summed E-state index contributed by atoms with van der Waals surface area (Å²) in [6, 6.07) is 11.5. The van der Waals surface area contributed by atoms with E-state index in [0.717, 1.165) is 17.8 Å². The van der Waals surface area contributed by atoms with Crippen molar-refractivity contribution in [3.63, 3.8) is 0 Å². The van der Waals surface area contributed by atoms with Crippen molar-refractivity contribution in [2.45, 2.75) is 54.9 Å². The van der Waals surface area contributed by atoms with Crippen molar-refractivity contribution < 1.29 is 0 Å². The van der Waals surface area contributed by atoms with Gasteiger partial charge < -0.3 is 0 Å². The first-order valence-electron chi connectivity index (χ1n) is 7.91. The van der Waals surface area contributed by atoms with E-state index in [-0.39, 0.29) is 0 Å². The summed E-state index contributed by atoms with van der Waals surface area (Å²) in [5, 5.41) is 0. The zero-order chi connectivity index (χ0) is 14.5. The number of rotatable bonds is 7. The fourth-order valence-electron chi connectivity index (χ4n) is 3.74. The van der Waals surface area contributed by atoms with E-state index >= 15 is 0 Å². The quantitative estimate of drug-likeness (QED) is 0.573. The van der Waals surface area contributed by atoms with Crippen LogP contribution in [0.5, 0.6) is 0 Å². The third-order valence-electron chi connectivity index (χ3n) is 3.78. The van der Waals surface area contributed by atoms with Gasteiger partial charge in [0.05, 0.1) is 0 Å². The molecule has 0 aromatic heterocycles. The molecule has 1 aromatic carbocycles. The summed E-state index contributed by atoms with van der Waals surface area (Å²) in [5.41, 5.74) is 0. The van der Waals surface area contributed by atoms with E-state index in [0.29, 0.717) is 0 Å². The van der Waals surface area contributed by atoms with Gasteiger partial charge in [-0.05, 0) is 0 Å². The Morgan fingerprint density at radius 3 is 1.37 bits per heavy atom. The van der Waals surface area contributed by atoms with Crippen LogP contribution in [0.1, 0.15) is 41.5 Å². The minimum absolute atomic E-state index is 0.841. The fourth-order valence-corrected chi connectivity index (χ4v) is 23.1. The second-order valence-corrected chi connectivity index (χ2v) is 19.9. The molecule has 1 rings (SSSR count). The molecule has 0 bridgehead atoms. The van der Waals surface area contributed by atoms with E-state index in [2.05, 4.69) is 71.9 Å². The zero-order valence-corrected chi connectivity index (χ0v) is 16.6. The van der Waals surface area contributed by atoms with Crippen molar-refractivity contribution in [2.75, 3.05) is 0 Å². The molecule has 0 aliphatic heterocycles. The van der Waals surface area contributed by atoms with Crippen molar-refractivity contribution >= 4 is 22.0 Å². The fraction of sp³-hybridized carbons (Fsp3) is 0.667. The molecule has 0 unspecified atom stereocenters. The minimum atomic E-state index is -2.24. The maximum absolute atomic E-state index is 2.43. The van der Waals surface area contributed by atoms with Crippen LogP contribution in [0.25, 0.3) is 0 Å². The predicted molar refractivity (Wildman–Crippen MR) is 90.8 cm³/mol. The first-order valence-corrected chi connectivity index (χ1v) is 15.4. The first-order chi connectivity index (χ1) is 8.85. The van der Waals surface area contributed by atoms with Crippen LogP contribution in [0, 0.1) is 17.8 Å². The third kappa shape index (κ3) is 5.49. The van der Waals surface area contributed by atoms with Crippen molar-refractivity contribution in [3.05, 3.63) is 30.3 Å². The topological polar surface area (TPSA) is 0 Å². The summed E-state index contributed by atoms with van der Waals surface area (Å²) >= 11 is -2.24. The van der Waals surface area contributed by atoms with E-state index < -0.39 is 18.4 Å². The van der Waals surface area contributed by atoms with Crippen LogP contribution in [0.2, 0.25) is 13.3 Å². The predicted octanol–water partition coefficient (Wildman–Crippen LogP) is 5.31. The standard InChI is InChI=1S/C6H5.3C4H9.Sn/c1-2-4-6-5-3-1;3*1-4(2)3;/h1-5H;3*4H,1H2,2-3H3;. The van der Waals surface area contributed by atoms with Crippen molar-refractivity contribution in [1.29, 1.82) is 0 Å². The van der Waals surface area contributed by atoms with Gasteiger partial charge in [-0.2, -0.15) is 0 Å². The van der Waals surface area contributed by atoms with Gasteiger partial charge in [0.25, 0.3) is 0 Å². The average molecular weight is 367 g/mol. The van der Waals surface area contributed by atoms with Gasteiger partial charge in [-0.3, -0.25) is 0 Å². The van der Waals surface area contributed by atoms with Crippen molar-refractivity contribution in [2.24, 2.45) is 17.8 Å². The third-order valence-corrected chi connectivity index (χ3v) is 21.9. The van der Waals surface area contributed by atoms with Crippen molar-refractivity contribution in [3.8, 4) is 0 Å². The molecule has 0 fully saturated rings. The Hall–Kier alpha value is 0.0187. The van der Waals surface area contributed by atoms with Gasteiger partial charge in [-0.1, -0.05) is 0 Å². The van der Waals surface area contributed by atoms with Crippen LogP contribution < -0.4 is 3.58 Å². The molecule has 0 amide bonds. The van der Waals surface area contributed by atoms with Gasteiger partial charge >= 0.3 is 125 Å². The Morgan fingerprint density at radius 2 is 1.05 bits per heavy atom. The van der Waals surface area contributed by atoms with Crippen LogP contribution in [0.15, 0.2) is 30.3 Å². The van der Waals surface area contributed by atoms with Crippen molar-refractivity contribution in [1.82, 2.24) is 0 Å². The molecule has 0 aliphatic rings. The van der Waals surface area contributed by atoms with Gasteiger partial charge in [0.15, 0.2) is 0 Å². The molecule has 0 saturated heterocycles. The molecule has 0 heterocycles. The van der Waals surface area contributed by atoms with E-state index in [4.69, 9.17) is 0 Å². The Bertz CT molecular complexity index is 325. The Morgan fingerprint density at radius 1 is 0.684 bits per heavy atom. The number of hydrogen-bond acceptors (Lipinski definition) is 0. The van der Waals surface area contributed by atoms with Crippen LogP contribution in [0.4, 0.5) is 0 Å². The van der Waals surface area contributed by atoms with Gasteiger partial charge in [0.1, 0.15) is 0 Å². The van der Waals surface area contributed by atoms with E-state index in [1.54, 1.807) is 3.58 Å². The molecular formula is C18H32Sn.